The van der Waals surface area contributed by atoms with Crippen LogP contribution in [0.15, 0.2) is 6.33 Å². The molecular formula is C16H26N4O. The molecule has 2 aliphatic rings. The van der Waals surface area contributed by atoms with Crippen LogP contribution < -0.4 is 10.6 Å². The third-order valence-electron chi connectivity index (χ3n) is 5.16. The van der Waals surface area contributed by atoms with E-state index in [0.29, 0.717) is 18.9 Å². The number of hydrogen-bond acceptors (Lipinski definition) is 3. The van der Waals surface area contributed by atoms with E-state index in [1.165, 1.54) is 32.1 Å². The summed E-state index contributed by atoms with van der Waals surface area (Å²) in [5, 5.41) is 6.42. The third-order valence-corrected chi connectivity index (χ3v) is 5.16. The van der Waals surface area contributed by atoms with E-state index < -0.39 is 0 Å². The van der Waals surface area contributed by atoms with Crippen molar-refractivity contribution in [2.75, 3.05) is 6.54 Å². The number of carbonyl (C=O) groups is 1. The third kappa shape index (κ3) is 3.46. The lowest BCUT2D eigenvalue weighted by molar-refractivity contribution is -0.123. The molecule has 21 heavy (non-hydrogen) atoms. The highest BCUT2D eigenvalue weighted by Gasteiger charge is 2.26. The van der Waals surface area contributed by atoms with Gasteiger partial charge in [-0.15, -0.1) is 0 Å². The van der Waals surface area contributed by atoms with Gasteiger partial charge in [0.15, 0.2) is 0 Å². The van der Waals surface area contributed by atoms with Crippen molar-refractivity contribution in [3.63, 3.8) is 0 Å². The second-order valence-corrected chi connectivity index (χ2v) is 6.51. The molecule has 1 fully saturated rings. The Balaban J connectivity index is 1.43. The highest BCUT2D eigenvalue weighted by Crippen LogP contribution is 2.30. The summed E-state index contributed by atoms with van der Waals surface area (Å²) in [5.74, 6) is 1.71. The number of rotatable bonds is 4. The molecule has 3 N–H and O–H groups in total. The number of H-pyrrole nitrogens is 1. The van der Waals surface area contributed by atoms with Gasteiger partial charge in [-0.1, -0.05) is 26.2 Å². The molecule has 0 radical (unpaired) electrons. The molecule has 1 amide bonds. The van der Waals surface area contributed by atoms with Gasteiger partial charge in [0.2, 0.25) is 5.91 Å². The fourth-order valence-corrected chi connectivity index (χ4v) is 3.57. The van der Waals surface area contributed by atoms with E-state index in [1.807, 2.05) is 0 Å². The van der Waals surface area contributed by atoms with Crippen molar-refractivity contribution in [3.8, 4) is 0 Å². The number of imidazole rings is 1. The van der Waals surface area contributed by atoms with Crippen molar-refractivity contribution in [3.05, 3.63) is 17.7 Å². The molecule has 1 aromatic heterocycles. The Morgan fingerprint density at radius 3 is 2.86 bits per heavy atom. The Kier molecular flexibility index (Phi) is 4.58. The van der Waals surface area contributed by atoms with Gasteiger partial charge < -0.3 is 10.3 Å². The molecule has 5 nitrogen and oxygen atoms in total. The molecule has 1 aromatic rings. The van der Waals surface area contributed by atoms with E-state index in [0.717, 1.165) is 23.9 Å². The molecule has 116 valence electrons. The molecule has 2 heterocycles. The Hall–Kier alpha value is -1.36. The van der Waals surface area contributed by atoms with Crippen molar-refractivity contribution in [2.45, 2.75) is 58.0 Å². The topological polar surface area (TPSA) is 69.8 Å². The number of hydrogen-bond donors (Lipinski definition) is 3. The fraction of sp³-hybridized carbons (Fsp3) is 0.750. The second kappa shape index (κ2) is 6.60. The minimum Gasteiger partial charge on any atom is -0.354 e. The average Bonchev–Trinajstić information content (AvgIpc) is 3.00. The molecule has 1 aliphatic carbocycles. The molecule has 0 aromatic carbocycles. The summed E-state index contributed by atoms with van der Waals surface area (Å²) < 4.78 is 0. The van der Waals surface area contributed by atoms with Crippen LogP contribution in [0, 0.1) is 11.8 Å². The Morgan fingerprint density at radius 1 is 1.33 bits per heavy atom. The summed E-state index contributed by atoms with van der Waals surface area (Å²) >= 11 is 0. The molecule has 1 unspecified atom stereocenters. The van der Waals surface area contributed by atoms with Gasteiger partial charge in [0.1, 0.15) is 0 Å². The van der Waals surface area contributed by atoms with E-state index in [2.05, 4.69) is 27.5 Å². The first kappa shape index (κ1) is 14.6. The zero-order chi connectivity index (χ0) is 14.7. The van der Waals surface area contributed by atoms with Gasteiger partial charge in [0.05, 0.1) is 23.8 Å². The van der Waals surface area contributed by atoms with Crippen LogP contribution in [0.25, 0.3) is 0 Å². The van der Waals surface area contributed by atoms with E-state index in [1.54, 1.807) is 6.33 Å². The van der Waals surface area contributed by atoms with Crippen LogP contribution in [-0.4, -0.2) is 28.5 Å². The van der Waals surface area contributed by atoms with Crippen molar-refractivity contribution in [1.29, 1.82) is 0 Å². The predicted molar refractivity (Wildman–Crippen MR) is 81.7 cm³/mol. The summed E-state index contributed by atoms with van der Waals surface area (Å²) in [6, 6.07) is -0.132. The van der Waals surface area contributed by atoms with Crippen LogP contribution >= 0.6 is 0 Å². The van der Waals surface area contributed by atoms with E-state index in [9.17, 15) is 4.79 Å². The summed E-state index contributed by atoms with van der Waals surface area (Å²) in [4.78, 5) is 19.7. The predicted octanol–water partition coefficient (Wildman–Crippen LogP) is 1.76. The summed E-state index contributed by atoms with van der Waals surface area (Å²) in [7, 11) is 0. The van der Waals surface area contributed by atoms with Crippen molar-refractivity contribution < 1.29 is 4.79 Å². The van der Waals surface area contributed by atoms with Crippen LogP contribution in [0.3, 0.4) is 0 Å². The summed E-state index contributed by atoms with van der Waals surface area (Å²) in [6.07, 6.45) is 8.88. The number of aromatic amines is 1. The largest absolute Gasteiger partial charge is 0.354 e. The number of amides is 1. The van der Waals surface area contributed by atoms with Crippen molar-refractivity contribution in [1.82, 2.24) is 20.6 Å². The normalized spacial score (nSPS) is 28.9. The minimum atomic E-state index is -0.132. The number of nitrogens with one attached hydrogen (secondary N) is 3. The van der Waals surface area contributed by atoms with Crippen molar-refractivity contribution >= 4 is 5.91 Å². The lowest BCUT2D eigenvalue weighted by Crippen LogP contribution is -2.48. The summed E-state index contributed by atoms with van der Waals surface area (Å²) in [6.45, 7) is 3.82. The zero-order valence-electron chi connectivity index (χ0n) is 12.8. The van der Waals surface area contributed by atoms with Crippen LogP contribution in [0.1, 0.15) is 50.4 Å². The molecule has 0 saturated heterocycles. The first-order valence-electron chi connectivity index (χ1n) is 8.28. The Bertz CT molecular complexity index is 476. The molecule has 3 rings (SSSR count). The maximum Gasteiger partial charge on any atom is 0.237 e. The van der Waals surface area contributed by atoms with Gasteiger partial charge in [0, 0.05) is 19.5 Å². The molecule has 5 heteroatoms. The standard InChI is InChI=1S/C16H26N4O/c1-2-11-3-5-12(6-4-11)8-18-16(21)14-7-13-15(9-17-14)20-10-19-13/h10-12,14,17H,2-9H2,1H3,(H,18,21)(H,19,20). The maximum absolute atomic E-state index is 12.3. The van der Waals surface area contributed by atoms with Gasteiger partial charge in [-0.25, -0.2) is 4.98 Å². The maximum atomic E-state index is 12.3. The Labute approximate surface area is 126 Å². The van der Waals surface area contributed by atoms with Gasteiger partial charge in [-0.05, 0) is 24.7 Å². The zero-order valence-corrected chi connectivity index (χ0v) is 12.8. The fourth-order valence-electron chi connectivity index (χ4n) is 3.57. The first-order chi connectivity index (χ1) is 10.3. The lowest BCUT2D eigenvalue weighted by atomic mass is 9.81. The number of aromatic nitrogens is 2. The molecule has 0 spiro atoms. The highest BCUT2D eigenvalue weighted by atomic mass is 16.2. The number of nitrogens with zero attached hydrogens (tertiary/aromatic N) is 1. The number of carbonyl (C=O) groups excluding carboxylic acids is 1. The van der Waals surface area contributed by atoms with Crippen molar-refractivity contribution in [2.24, 2.45) is 11.8 Å². The Morgan fingerprint density at radius 2 is 2.10 bits per heavy atom. The van der Waals surface area contributed by atoms with Gasteiger partial charge >= 0.3 is 0 Å². The number of fused-ring (bicyclic) bond motifs is 1. The minimum absolute atomic E-state index is 0.126. The summed E-state index contributed by atoms with van der Waals surface area (Å²) in [5.41, 5.74) is 2.13. The molecule has 1 saturated carbocycles. The molecule has 1 atom stereocenters. The van der Waals surface area contributed by atoms with Gasteiger partial charge in [-0.3, -0.25) is 10.1 Å². The van der Waals surface area contributed by atoms with Crippen LogP contribution in [0.5, 0.6) is 0 Å². The van der Waals surface area contributed by atoms with Crippen LogP contribution in [0.2, 0.25) is 0 Å². The first-order valence-corrected chi connectivity index (χ1v) is 8.28. The lowest BCUT2D eigenvalue weighted by Gasteiger charge is -2.29. The van der Waals surface area contributed by atoms with Crippen LogP contribution in [0.4, 0.5) is 0 Å². The average molecular weight is 290 g/mol. The molecular weight excluding hydrogens is 264 g/mol. The SMILES string of the molecule is CCC1CCC(CNC(=O)C2Cc3nc[nH]c3CN2)CC1. The molecule has 1 aliphatic heterocycles. The smallest absolute Gasteiger partial charge is 0.237 e. The second-order valence-electron chi connectivity index (χ2n) is 6.51. The monoisotopic (exact) mass is 290 g/mol. The van der Waals surface area contributed by atoms with Crippen LogP contribution in [-0.2, 0) is 17.8 Å². The van der Waals surface area contributed by atoms with Gasteiger partial charge in [-0.2, -0.15) is 0 Å². The quantitative estimate of drug-likeness (QED) is 0.791. The highest BCUT2D eigenvalue weighted by molar-refractivity contribution is 5.82. The molecule has 0 bridgehead atoms. The van der Waals surface area contributed by atoms with Gasteiger partial charge in [0.25, 0.3) is 0 Å². The van der Waals surface area contributed by atoms with E-state index in [4.69, 9.17) is 0 Å². The van der Waals surface area contributed by atoms with E-state index in [-0.39, 0.29) is 11.9 Å². The van der Waals surface area contributed by atoms with E-state index >= 15 is 0 Å².